The van der Waals surface area contributed by atoms with Crippen LogP contribution in [-0.4, -0.2) is 38.8 Å². The zero-order valence-corrected chi connectivity index (χ0v) is 19.0. The van der Waals surface area contributed by atoms with Crippen LogP contribution in [0.4, 0.5) is 5.69 Å². The molecular weight excluding hydrogens is 456 g/mol. The zero-order chi connectivity index (χ0) is 21.0. The normalized spacial score (nSPS) is 15.6. The van der Waals surface area contributed by atoms with Gasteiger partial charge in [0.25, 0.3) is 5.91 Å². The summed E-state index contributed by atoms with van der Waals surface area (Å²) in [6.45, 7) is 2.85. The number of methoxy groups -OCH3 is 1. The van der Waals surface area contributed by atoms with Gasteiger partial charge in [-0.05, 0) is 71.6 Å². The van der Waals surface area contributed by atoms with Crippen LogP contribution in [-0.2, 0) is 10.0 Å². The first kappa shape index (κ1) is 21.8. The van der Waals surface area contributed by atoms with Crippen LogP contribution in [0.3, 0.4) is 0 Å². The van der Waals surface area contributed by atoms with Gasteiger partial charge in [0.2, 0.25) is 10.0 Å². The van der Waals surface area contributed by atoms with Crippen LogP contribution in [0.15, 0.2) is 45.8 Å². The molecule has 0 aromatic heterocycles. The third kappa shape index (κ3) is 4.99. The molecule has 0 saturated carbocycles. The van der Waals surface area contributed by atoms with Crippen LogP contribution >= 0.6 is 15.9 Å². The first-order valence-electron chi connectivity index (χ1n) is 9.58. The number of nitrogens with zero attached hydrogens (tertiary/aromatic N) is 1. The number of sulfonamides is 1. The molecule has 3 rings (SSSR count). The lowest BCUT2D eigenvalue weighted by molar-refractivity contribution is 0.102. The standard InChI is InChI=1S/C21H25BrN2O4S/c1-15-7-8-16(23-21(25)18-14-17(28-2)9-10-19(18)22)13-20(15)29(26,27)24-11-5-3-4-6-12-24/h7-10,13-14H,3-6,11-12H2,1-2H3,(H,23,25). The summed E-state index contributed by atoms with van der Waals surface area (Å²) in [5.74, 6) is 0.212. The number of aryl methyl sites for hydroxylation is 1. The Morgan fingerprint density at radius 1 is 1.07 bits per heavy atom. The third-order valence-electron chi connectivity index (χ3n) is 5.05. The van der Waals surface area contributed by atoms with Crippen molar-refractivity contribution in [2.24, 2.45) is 0 Å². The molecule has 0 unspecified atom stereocenters. The first-order chi connectivity index (χ1) is 13.8. The van der Waals surface area contributed by atoms with Crippen molar-refractivity contribution in [1.29, 1.82) is 0 Å². The van der Waals surface area contributed by atoms with Crippen molar-refractivity contribution in [1.82, 2.24) is 4.31 Å². The van der Waals surface area contributed by atoms with Gasteiger partial charge in [0.1, 0.15) is 5.75 Å². The number of rotatable bonds is 5. The van der Waals surface area contributed by atoms with E-state index in [9.17, 15) is 13.2 Å². The minimum absolute atomic E-state index is 0.238. The second kappa shape index (κ2) is 9.28. The number of amides is 1. The van der Waals surface area contributed by atoms with Gasteiger partial charge in [-0.1, -0.05) is 18.9 Å². The number of ether oxygens (including phenoxy) is 1. The van der Waals surface area contributed by atoms with Crippen molar-refractivity contribution in [3.63, 3.8) is 0 Å². The van der Waals surface area contributed by atoms with E-state index >= 15 is 0 Å². The molecule has 1 heterocycles. The van der Waals surface area contributed by atoms with E-state index in [4.69, 9.17) is 4.74 Å². The summed E-state index contributed by atoms with van der Waals surface area (Å²) in [5, 5.41) is 2.80. The molecule has 0 atom stereocenters. The van der Waals surface area contributed by atoms with Crippen LogP contribution in [0.2, 0.25) is 0 Å². The van der Waals surface area contributed by atoms with Crippen molar-refractivity contribution in [2.75, 3.05) is 25.5 Å². The topological polar surface area (TPSA) is 75.7 Å². The Labute approximate surface area is 180 Å². The summed E-state index contributed by atoms with van der Waals surface area (Å²) in [6.07, 6.45) is 3.85. The van der Waals surface area contributed by atoms with E-state index in [2.05, 4.69) is 21.2 Å². The fourth-order valence-corrected chi connectivity index (χ4v) is 5.58. The quantitative estimate of drug-likeness (QED) is 0.678. The van der Waals surface area contributed by atoms with E-state index in [0.29, 0.717) is 40.1 Å². The van der Waals surface area contributed by atoms with Crippen molar-refractivity contribution in [3.8, 4) is 5.75 Å². The summed E-state index contributed by atoms with van der Waals surface area (Å²) in [5.41, 5.74) is 1.50. The molecular formula is C21H25BrN2O4S. The number of hydrogen-bond acceptors (Lipinski definition) is 4. The fourth-order valence-electron chi connectivity index (χ4n) is 3.38. The molecule has 0 radical (unpaired) electrons. The van der Waals surface area contributed by atoms with Crippen molar-refractivity contribution >= 4 is 37.5 Å². The number of hydrogen-bond donors (Lipinski definition) is 1. The summed E-state index contributed by atoms with van der Waals surface area (Å²) >= 11 is 3.37. The molecule has 156 valence electrons. The Balaban J connectivity index is 1.88. The lowest BCUT2D eigenvalue weighted by Gasteiger charge is -2.21. The number of benzene rings is 2. The highest BCUT2D eigenvalue weighted by Crippen LogP contribution is 2.27. The van der Waals surface area contributed by atoms with E-state index < -0.39 is 10.0 Å². The van der Waals surface area contributed by atoms with Crippen molar-refractivity contribution in [3.05, 3.63) is 52.0 Å². The van der Waals surface area contributed by atoms with Gasteiger partial charge < -0.3 is 10.1 Å². The summed E-state index contributed by atoms with van der Waals surface area (Å²) in [4.78, 5) is 13.0. The first-order valence-corrected chi connectivity index (χ1v) is 11.8. The van der Waals surface area contributed by atoms with E-state index in [1.807, 2.05) is 0 Å². The van der Waals surface area contributed by atoms with E-state index in [1.165, 1.54) is 7.11 Å². The molecule has 0 bridgehead atoms. The molecule has 1 saturated heterocycles. The maximum atomic E-state index is 13.2. The monoisotopic (exact) mass is 480 g/mol. The molecule has 2 aromatic rings. The molecule has 29 heavy (non-hydrogen) atoms. The van der Waals surface area contributed by atoms with Gasteiger partial charge >= 0.3 is 0 Å². The van der Waals surface area contributed by atoms with Gasteiger partial charge in [0.05, 0.1) is 17.6 Å². The van der Waals surface area contributed by atoms with E-state index in [0.717, 1.165) is 25.7 Å². The van der Waals surface area contributed by atoms with Gasteiger partial charge in [-0.2, -0.15) is 4.31 Å². The summed E-state index contributed by atoms with van der Waals surface area (Å²) in [6, 6.07) is 10.1. The molecule has 0 aliphatic carbocycles. The average Bonchev–Trinajstić information content (AvgIpc) is 3.00. The van der Waals surface area contributed by atoms with Crippen LogP contribution in [0, 0.1) is 6.92 Å². The Kier molecular flexibility index (Phi) is 6.97. The Bertz CT molecular complexity index is 1000. The lowest BCUT2D eigenvalue weighted by atomic mass is 10.2. The maximum absolute atomic E-state index is 13.2. The van der Waals surface area contributed by atoms with Crippen LogP contribution in [0.5, 0.6) is 5.75 Å². The van der Waals surface area contributed by atoms with E-state index in [1.54, 1.807) is 47.6 Å². The Hall–Kier alpha value is -1.90. The Morgan fingerprint density at radius 2 is 1.76 bits per heavy atom. The second-order valence-electron chi connectivity index (χ2n) is 7.10. The van der Waals surface area contributed by atoms with Crippen LogP contribution < -0.4 is 10.1 Å². The number of halogens is 1. The van der Waals surface area contributed by atoms with Crippen molar-refractivity contribution < 1.29 is 17.9 Å². The van der Waals surface area contributed by atoms with Gasteiger partial charge in [-0.15, -0.1) is 0 Å². The van der Waals surface area contributed by atoms with Crippen LogP contribution in [0.1, 0.15) is 41.6 Å². The third-order valence-corrected chi connectivity index (χ3v) is 7.78. The maximum Gasteiger partial charge on any atom is 0.256 e. The highest BCUT2D eigenvalue weighted by atomic mass is 79.9. The summed E-state index contributed by atoms with van der Waals surface area (Å²) < 4.78 is 33.8. The molecule has 1 amide bonds. The Morgan fingerprint density at radius 3 is 2.41 bits per heavy atom. The molecule has 2 aromatic carbocycles. The minimum Gasteiger partial charge on any atom is -0.497 e. The highest BCUT2D eigenvalue weighted by Gasteiger charge is 2.27. The molecule has 1 aliphatic rings. The largest absolute Gasteiger partial charge is 0.497 e. The SMILES string of the molecule is COc1ccc(Br)c(C(=O)Nc2ccc(C)c(S(=O)(=O)N3CCCCCC3)c2)c1. The van der Waals surface area contributed by atoms with E-state index in [-0.39, 0.29) is 10.8 Å². The molecule has 1 aliphatic heterocycles. The predicted molar refractivity (Wildman–Crippen MR) is 117 cm³/mol. The van der Waals surface area contributed by atoms with Crippen molar-refractivity contribution in [2.45, 2.75) is 37.5 Å². The van der Waals surface area contributed by atoms with Gasteiger partial charge in [0.15, 0.2) is 0 Å². The zero-order valence-electron chi connectivity index (χ0n) is 16.6. The molecule has 0 spiro atoms. The minimum atomic E-state index is -3.61. The fraction of sp³-hybridized carbons (Fsp3) is 0.381. The molecule has 1 fully saturated rings. The van der Waals surface area contributed by atoms with Crippen LogP contribution in [0.25, 0.3) is 0 Å². The highest BCUT2D eigenvalue weighted by molar-refractivity contribution is 9.10. The number of carbonyl (C=O) groups excluding carboxylic acids is 1. The molecule has 1 N–H and O–H groups in total. The molecule has 6 nitrogen and oxygen atoms in total. The number of carbonyl (C=O) groups is 1. The summed E-state index contributed by atoms with van der Waals surface area (Å²) in [7, 11) is -2.07. The van der Waals surface area contributed by atoms with Gasteiger partial charge in [0, 0.05) is 23.2 Å². The molecule has 8 heteroatoms. The predicted octanol–water partition coefficient (Wildman–Crippen LogP) is 4.58. The van der Waals surface area contributed by atoms with Gasteiger partial charge in [-0.3, -0.25) is 4.79 Å². The lowest BCUT2D eigenvalue weighted by Crippen LogP contribution is -2.32. The number of nitrogens with one attached hydrogen (secondary N) is 1. The average molecular weight is 481 g/mol. The number of anilines is 1. The second-order valence-corrected chi connectivity index (χ2v) is 9.86. The van der Waals surface area contributed by atoms with Gasteiger partial charge in [-0.25, -0.2) is 8.42 Å². The smallest absolute Gasteiger partial charge is 0.256 e.